The fourth-order valence-corrected chi connectivity index (χ4v) is 3.39. The van der Waals surface area contributed by atoms with E-state index in [1.807, 2.05) is 0 Å². The van der Waals surface area contributed by atoms with Crippen LogP contribution in [0.1, 0.15) is 25.8 Å². The van der Waals surface area contributed by atoms with Crippen LogP contribution in [0.2, 0.25) is 5.02 Å². The Labute approximate surface area is 160 Å². The second kappa shape index (κ2) is 6.70. The van der Waals surface area contributed by atoms with E-state index in [-0.39, 0.29) is 17.0 Å². The largest absolute Gasteiger partial charge is 0.352 e. The zero-order valence-corrected chi connectivity index (χ0v) is 15.4. The molecule has 1 heterocycles. The third-order valence-electron chi connectivity index (χ3n) is 4.78. The van der Waals surface area contributed by atoms with Gasteiger partial charge in [0.2, 0.25) is 5.91 Å². The van der Waals surface area contributed by atoms with Crippen LogP contribution in [0.4, 0.5) is 0 Å². The highest BCUT2D eigenvalue weighted by atomic mass is 35.5. The molecule has 1 unspecified atom stereocenters. The lowest BCUT2D eigenvalue weighted by molar-refractivity contribution is -0.124. The van der Waals surface area contributed by atoms with Crippen molar-refractivity contribution in [1.29, 1.82) is 0 Å². The number of benzene rings is 2. The van der Waals surface area contributed by atoms with Gasteiger partial charge in [-0.2, -0.15) is 0 Å². The second-order valence-corrected chi connectivity index (χ2v) is 7.13. The van der Waals surface area contributed by atoms with Crippen molar-refractivity contribution in [3.63, 3.8) is 0 Å². The lowest BCUT2D eigenvalue weighted by Crippen LogP contribution is -2.44. The number of nitrogens with one attached hydrogen (secondary N) is 1. The maximum Gasteiger partial charge on any atom is 0.336 e. The van der Waals surface area contributed by atoms with E-state index in [1.54, 1.807) is 55.5 Å². The Morgan fingerprint density at radius 2 is 1.78 bits per heavy atom. The molecule has 0 saturated heterocycles. The summed E-state index contributed by atoms with van der Waals surface area (Å²) in [6.07, 6.45) is 1.90. The van der Waals surface area contributed by atoms with Gasteiger partial charge in [-0.25, -0.2) is 9.36 Å². The molecular formula is C20H18ClN3O3. The minimum Gasteiger partial charge on any atom is -0.352 e. The van der Waals surface area contributed by atoms with E-state index in [0.717, 1.165) is 17.4 Å². The summed E-state index contributed by atoms with van der Waals surface area (Å²) >= 11 is 6.24. The molecule has 2 aromatic carbocycles. The van der Waals surface area contributed by atoms with Gasteiger partial charge in [0.15, 0.2) is 0 Å². The molecule has 0 aliphatic heterocycles. The molecule has 1 aromatic heterocycles. The monoisotopic (exact) mass is 383 g/mol. The Bertz CT molecular complexity index is 1160. The number of rotatable bonds is 4. The Balaban J connectivity index is 2.00. The van der Waals surface area contributed by atoms with Crippen LogP contribution in [0.5, 0.6) is 0 Å². The van der Waals surface area contributed by atoms with Crippen molar-refractivity contribution >= 4 is 28.4 Å². The Morgan fingerprint density at radius 3 is 2.48 bits per heavy atom. The van der Waals surface area contributed by atoms with E-state index in [9.17, 15) is 14.4 Å². The number of fused-ring (bicyclic) bond motifs is 1. The molecule has 1 atom stereocenters. The number of halogens is 1. The van der Waals surface area contributed by atoms with Crippen LogP contribution >= 0.6 is 11.6 Å². The fourth-order valence-electron chi connectivity index (χ4n) is 3.17. The standard InChI is InChI=1S/C20H18ClN3O3/c1-12(18(25)22-13-10-11-13)23-16-8-4-2-6-14(16)19(26)24(20(23)27)17-9-5-3-7-15(17)21/h2-9,12-13H,10-11H2,1H3,(H,22,25). The summed E-state index contributed by atoms with van der Waals surface area (Å²) in [5.41, 5.74) is -0.335. The maximum atomic E-state index is 13.3. The Morgan fingerprint density at radius 1 is 1.11 bits per heavy atom. The third-order valence-corrected chi connectivity index (χ3v) is 5.10. The quantitative estimate of drug-likeness (QED) is 0.752. The molecule has 1 N–H and O–H groups in total. The van der Waals surface area contributed by atoms with E-state index in [0.29, 0.717) is 16.6 Å². The first kappa shape index (κ1) is 17.5. The number of amides is 1. The number of carbonyl (C=O) groups excluding carboxylic acids is 1. The molecule has 138 valence electrons. The van der Waals surface area contributed by atoms with Gasteiger partial charge in [-0.3, -0.25) is 14.2 Å². The van der Waals surface area contributed by atoms with Crippen molar-refractivity contribution in [2.75, 3.05) is 0 Å². The number of hydrogen-bond acceptors (Lipinski definition) is 3. The van der Waals surface area contributed by atoms with Gasteiger partial charge in [-0.1, -0.05) is 35.9 Å². The smallest absolute Gasteiger partial charge is 0.336 e. The minimum absolute atomic E-state index is 0.177. The molecule has 3 aromatic rings. The highest BCUT2D eigenvalue weighted by molar-refractivity contribution is 6.32. The molecule has 27 heavy (non-hydrogen) atoms. The lowest BCUT2D eigenvalue weighted by Gasteiger charge is -2.19. The topological polar surface area (TPSA) is 73.1 Å². The number of carbonyl (C=O) groups is 1. The molecule has 1 amide bonds. The number of para-hydroxylation sites is 2. The molecule has 0 bridgehead atoms. The van der Waals surface area contributed by atoms with Gasteiger partial charge in [0, 0.05) is 6.04 Å². The molecule has 6 nitrogen and oxygen atoms in total. The zero-order chi connectivity index (χ0) is 19.1. The fraction of sp³-hybridized carbons (Fsp3) is 0.250. The highest BCUT2D eigenvalue weighted by Gasteiger charge is 2.28. The molecule has 0 spiro atoms. The van der Waals surface area contributed by atoms with Crippen molar-refractivity contribution in [2.24, 2.45) is 0 Å². The maximum absolute atomic E-state index is 13.3. The normalized spacial score (nSPS) is 14.9. The zero-order valence-electron chi connectivity index (χ0n) is 14.7. The van der Waals surface area contributed by atoms with Crippen molar-refractivity contribution in [3.05, 3.63) is 74.4 Å². The van der Waals surface area contributed by atoms with E-state index >= 15 is 0 Å². The van der Waals surface area contributed by atoms with Crippen LogP contribution in [-0.4, -0.2) is 21.1 Å². The molecule has 1 aliphatic rings. The summed E-state index contributed by atoms with van der Waals surface area (Å²) in [6, 6.07) is 12.9. The minimum atomic E-state index is -0.766. The van der Waals surface area contributed by atoms with Gasteiger partial charge in [-0.15, -0.1) is 0 Å². The summed E-state index contributed by atoms with van der Waals surface area (Å²) in [6.45, 7) is 1.66. The first-order chi connectivity index (χ1) is 13.0. The predicted octanol–water partition coefficient (Wildman–Crippen LogP) is 2.65. The summed E-state index contributed by atoms with van der Waals surface area (Å²) in [5.74, 6) is -0.242. The number of nitrogens with zero attached hydrogens (tertiary/aromatic N) is 2. The van der Waals surface area contributed by atoms with Crippen LogP contribution in [0, 0.1) is 0 Å². The van der Waals surface area contributed by atoms with E-state index in [2.05, 4.69) is 5.32 Å². The predicted molar refractivity (Wildman–Crippen MR) is 105 cm³/mol. The molecule has 1 fully saturated rings. The average molecular weight is 384 g/mol. The van der Waals surface area contributed by atoms with Gasteiger partial charge < -0.3 is 5.32 Å². The van der Waals surface area contributed by atoms with Crippen LogP contribution in [0.3, 0.4) is 0 Å². The van der Waals surface area contributed by atoms with Crippen LogP contribution < -0.4 is 16.6 Å². The van der Waals surface area contributed by atoms with Crippen molar-refractivity contribution < 1.29 is 4.79 Å². The first-order valence-corrected chi connectivity index (χ1v) is 9.18. The van der Waals surface area contributed by atoms with Crippen LogP contribution in [0.25, 0.3) is 16.6 Å². The van der Waals surface area contributed by atoms with Gasteiger partial charge in [-0.05, 0) is 44.0 Å². The molecule has 1 saturated carbocycles. The summed E-state index contributed by atoms with van der Waals surface area (Å²) in [5, 5.41) is 3.55. The SMILES string of the molecule is CC(C(=O)NC1CC1)n1c(=O)n(-c2ccccc2Cl)c(=O)c2ccccc21. The number of aromatic nitrogens is 2. The van der Waals surface area contributed by atoms with Gasteiger partial charge >= 0.3 is 5.69 Å². The average Bonchev–Trinajstić information content (AvgIpc) is 3.47. The molecular weight excluding hydrogens is 366 g/mol. The van der Waals surface area contributed by atoms with E-state index in [1.165, 1.54) is 4.57 Å². The van der Waals surface area contributed by atoms with Gasteiger partial charge in [0.05, 0.1) is 21.6 Å². The van der Waals surface area contributed by atoms with Gasteiger partial charge in [0.25, 0.3) is 5.56 Å². The molecule has 7 heteroatoms. The summed E-state index contributed by atoms with van der Waals surface area (Å²) < 4.78 is 2.39. The Hall–Kier alpha value is -2.86. The van der Waals surface area contributed by atoms with Crippen LogP contribution in [-0.2, 0) is 4.79 Å². The van der Waals surface area contributed by atoms with Crippen molar-refractivity contribution in [3.8, 4) is 5.69 Å². The Kier molecular flexibility index (Phi) is 4.36. The summed E-state index contributed by atoms with van der Waals surface area (Å²) in [7, 11) is 0. The second-order valence-electron chi connectivity index (χ2n) is 6.72. The number of hydrogen-bond donors (Lipinski definition) is 1. The molecule has 1 aliphatic carbocycles. The lowest BCUT2D eigenvalue weighted by atomic mass is 10.2. The summed E-state index contributed by atoms with van der Waals surface area (Å²) in [4.78, 5) is 38.9. The van der Waals surface area contributed by atoms with Crippen molar-refractivity contribution in [2.45, 2.75) is 31.8 Å². The third kappa shape index (κ3) is 3.06. The van der Waals surface area contributed by atoms with Gasteiger partial charge in [0.1, 0.15) is 6.04 Å². The molecule has 0 radical (unpaired) electrons. The van der Waals surface area contributed by atoms with E-state index < -0.39 is 17.3 Å². The van der Waals surface area contributed by atoms with E-state index in [4.69, 9.17) is 11.6 Å². The highest BCUT2D eigenvalue weighted by Crippen LogP contribution is 2.22. The molecule has 4 rings (SSSR count). The first-order valence-electron chi connectivity index (χ1n) is 8.80. The van der Waals surface area contributed by atoms with Crippen molar-refractivity contribution in [1.82, 2.24) is 14.5 Å². The van der Waals surface area contributed by atoms with Crippen LogP contribution in [0.15, 0.2) is 58.1 Å².